The van der Waals surface area contributed by atoms with Gasteiger partial charge in [-0.05, 0) is 13.8 Å². The van der Waals surface area contributed by atoms with Crippen LogP contribution < -0.4 is 5.34 Å². The zero-order valence-electron chi connectivity index (χ0n) is 7.63. The van der Waals surface area contributed by atoms with E-state index in [1.807, 2.05) is 0 Å². The molecule has 0 aliphatic carbocycles. The largest absolute Gasteiger partial charge is 0.579 e. The van der Waals surface area contributed by atoms with Gasteiger partial charge in [0.2, 0.25) is 0 Å². The summed E-state index contributed by atoms with van der Waals surface area (Å²) in [7, 11) is 0. The summed E-state index contributed by atoms with van der Waals surface area (Å²) in [6, 6.07) is 0. The molecular weight excluding hydrogens is 180 g/mol. The Morgan fingerprint density at radius 2 is 2.00 bits per heavy atom. The second-order valence-corrected chi connectivity index (χ2v) is 2.34. The van der Waals surface area contributed by atoms with Gasteiger partial charge in [0, 0.05) is 0 Å². The number of hydrogen-bond donors (Lipinski definition) is 2. The molecule has 2 N–H and O–H groups in total. The van der Waals surface area contributed by atoms with Crippen molar-refractivity contribution >= 4 is 0 Å². The zero-order chi connectivity index (χ0) is 10.4. The fourth-order valence-corrected chi connectivity index (χ4v) is 0.760. The Labute approximate surface area is 75.6 Å². The van der Waals surface area contributed by atoms with Gasteiger partial charge in [-0.15, -0.1) is 10.3 Å². The predicted octanol–water partition coefficient (Wildman–Crippen LogP) is -1.53. The van der Waals surface area contributed by atoms with Gasteiger partial charge in [-0.25, -0.2) is 10.1 Å². The summed E-state index contributed by atoms with van der Waals surface area (Å²) >= 11 is 0. The topological polar surface area (TPSA) is 97.4 Å². The van der Waals surface area contributed by atoms with E-state index in [4.69, 9.17) is 5.21 Å². The van der Waals surface area contributed by atoms with Gasteiger partial charge in [0.05, 0.1) is 13.1 Å². The van der Waals surface area contributed by atoms with Crippen molar-refractivity contribution in [2.75, 3.05) is 19.8 Å². The Morgan fingerprint density at radius 1 is 1.46 bits per heavy atom. The van der Waals surface area contributed by atoms with Crippen LogP contribution in [-0.4, -0.2) is 40.0 Å². The van der Waals surface area contributed by atoms with E-state index in [0.29, 0.717) is 0 Å². The monoisotopic (exact) mass is 194 g/mol. The van der Waals surface area contributed by atoms with Crippen molar-refractivity contribution in [3.63, 3.8) is 0 Å². The van der Waals surface area contributed by atoms with Crippen LogP contribution in [0.5, 0.6) is 0 Å². The molecule has 0 saturated heterocycles. The van der Waals surface area contributed by atoms with Crippen LogP contribution in [-0.2, 0) is 0 Å². The molecule has 0 spiro atoms. The van der Waals surface area contributed by atoms with E-state index in [-0.39, 0.29) is 19.8 Å². The average Bonchev–Trinajstić information content (AvgIpc) is 2.05. The van der Waals surface area contributed by atoms with Crippen molar-refractivity contribution in [1.29, 1.82) is 0 Å². The SMILES string of the molecule is CCN(CN(CC)[NH+]([O-])O)[N+](=O)[O-]. The second-order valence-electron chi connectivity index (χ2n) is 2.34. The average molecular weight is 194 g/mol. The van der Waals surface area contributed by atoms with Gasteiger partial charge in [0.25, 0.3) is 0 Å². The Balaban J connectivity index is 4.11. The first-order valence-electron chi connectivity index (χ1n) is 3.90. The Morgan fingerprint density at radius 3 is 2.23 bits per heavy atom. The van der Waals surface area contributed by atoms with Crippen molar-refractivity contribution in [2.45, 2.75) is 13.8 Å². The summed E-state index contributed by atoms with van der Waals surface area (Å²) in [6.45, 7) is 3.44. The summed E-state index contributed by atoms with van der Waals surface area (Å²) < 4.78 is 0. The highest BCUT2D eigenvalue weighted by Crippen LogP contribution is 1.88. The molecule has 8 heteroatoms. The minimum atomic E-state index is -1.15. The fraction of sp³-hybridized carbons (Fsp3) is 1.00. The Bertz CT molecular complexity index is 165. The molecule has 0 heterocycles. The van der Waals surface area contributed by atoms with E-state index >= 15 is 0 Å². The standard InChI is InChI=1S/C5H14N4O4/c1-3-6(8(10)11)5-7(4-2)9(12)13/h8,10H,3-5H2,1-2H3. The smallest absolute Gasteiger partial charge is 0.180 e. The number of quaternary nitrogens is 1. The predicted molar refractivity (Wildman–Crippen MR) is 42.7 cm³/mol. The van der Waals surface area contributed by atoms with Gasteiger partial charge in [0.1, 0.15) is 0 Å². The van der Waals surface area contributed by atoms with E-state index in [1.165, 1.54) is 0 Å². The molecule has 1 atom stereocenters. The van der Waals surface area contributed by atoms with Gasteiger partial charge in [-0.3, -0.25) is 0 Å². The van der Waals surface area contributed by atoms with Gasteiger partial charge in [-0.1, -0.05) is 5.01 Å². The molecule has 0 aromatic heterocycles. The molecule has 1 unspecified atom stereocenters. The summed E-state index contributed by atoms with van der Waals surface area (Å²) in [6.07, 6.45) is 0. The molecule has 0 aliphatic heterocycles. The maximum absolute atomic E-state index is 10.5. The maximum atomic E-state index is 10.5. The van der Waals surface area contributed by atoms with E-state index < -0.39 is 10.4 Å². The van der Waals surface area contributed by atoms with Gasteiger partial charge >= 0.3 is 0 Å². The number of hydrogen-bond acceptors (Lipinski definition) is 5. The van der Waals surface area contributed by atoms with Crippen molar-refractivity contribution in [2.24, 2.45) is 0 Å². The van der Waals surface area contributed by atoms with Crippen molar-refractivity contribution in [3.8, 4) is 0 Å². The van der Waals surface area contributed by atoms with E-state index in [0.717, 1.165) is 10.0 Å². The number of hydrazine groups is 1. The van der Waals surface area contributed by atoms with Crippen molar-refractivity contribution in [1.82, 2.24) is 10.0 Å². The van der Waals surface area contributed by atoms with Crippen LogP contribution in [0.2, 0.25) is 0 Å². The highest BCUT2D eigenvalue weighted by molar-refractivity contribution is 4.37. The fourth-order valence-electron chi connectivity index (χ4n) is 0.760. The number of nitrogens with zero attached hydrogens (tertiary/aromatic N) is 3. The lowest BCUT2D eigenvalue weighted by atomic mass is 10.6. The van der Waals surface area contributed by atoms with Crippen molar-refractivity contribution < 1.29 is 15.6 Å². The first-order chi connectivity index (χ1) is 6.02. The summed E-state index contributed by atoms with van der Waals surface area (Å²) in [5, 5.41) is 29.4. The molecule has 0 aromatic rings. The minimum absolute atomic E-state index is 0.177. The molecule has 0 bridgehead atoms. The normalized spacial score (nSPS) is 13.0. The molecule has 0 saturated carbocycles. The minimum Gasteiger partial charge on any atom is -0.579 e. The van der Waals surface area contributed by atoms with Crippen LogP contribution in [0.4, 0.5) is 0 Å². The van der Waals surface area contributed by atoms with Crippen LogP contribution >= 0.6 is 0 Å². The molecule has 0 aromatic carbocycles. The van der Waals surface area contributed by atoms with Crippen LogP contribution in [0.25, 0.3) is 0 Å². The zero-order valence-corrected chi connectivity index (χ0v) is 7.63. The first-order valence-corrected chi connectivity index (χ1v) is 3.90. The van der Waals surface area contributed by atoms with E-state index in [9.17, 15) is 15.3 Å². The molecular formula is C5H14N4O4. The third-order valence-electron chi connectivity index (χ3n) is 1.58. The number of nitro groups is 1. The lowest BCUT2D eigenvalue weighted by Gasteiger charge is -2.27. The van der Waals surface area contributed by atoms with Crippen LogP contribution in [0.15, 0.2) is 0 Å². The molecule has 0 radical (unpaired) electrons. The summed E-state index contributed by atoms with van der Waals surface area (Å²) in [5.41, 5.74) is 0. The number of nitrogens with one attached hydrogen (secondary N) is 1. The highest BCUT2D eigenvalue weighted by atomic mass is 16.8. The lowest BCUT2D eigenvalue weighted by Crippen LogP contribution is -3.12. The van der Waals surface area contributed by atoms with Crippen LogP contribution in [0.3, 0.4) is 0 Å². The highest BCUT2D eigenvalue weighted by Gasteiger charge is 2.19. The molecule has 0 amide bonds. The summed E-state index contributed by atoms with van der Waals surface area (Å²) in [4.78, 5) is 10.3. The number of rotatable bonds is 6. The second kappa shape index (κ2) is 5.65. The molecule has 78 valence electrons. The lowest BCUT2D eigenvalue weighted by molar-refractivity contribution is -1.14. The van der Waals surface area contributed by atoms with E-state index in [2.05, 4.69) is 0 Å². The summed E-state index contributed by atoms with van der Waals surface area (Å²) in [5.74, 6) is 0. The maximum Gasteiger partial charge on any atom is 0.180 e. The molecule has 0 rings (SSSR count). The van der Waals surface area contributed by atoms with Crippen LogP contribution in [0.1, 0.15) is 13.8 Å². The molecule has 0 aliphatic rings. The molecule has 0 fully saturated rings. The van der Waals surface area contributed by atoms with Gasteiger partial charge < -0.3 is 5.21 Å². The first kappa shape index (κ1) is 12.0. The quantitative estimate of drug-likeness (QED) is 0.302. The van der Waals surface area contributed by atoms with Crippen molar-refractivity contribution in [3.05, 3.63) is 15.3 Å². The third-order valence-corrected chi connectivity index (χ3v) is 1.58. The Hall–Kier alpha value is -0.960. The van der Waals surface area contributed by atoms with Gasteiger partial charge in [0.15, 0.2) is 11.7 Å². The Kier molecular flexibility index (Phi) is 5.23. The van der Waals surface area contributed by atoms with Gasteiger partial charge in [-0.2, -0.15) is 5.21 Å². The molecule has 8 nitrogen and oxygen atoms in total. The third kappa shape index (κ3) is 3.99. The van der Waals surface area contributed by atoms with E-state index in [1.54, 1.807) is 13.8 Å². The van der Waals surface area contributed by atoms with Crippen LogP contribution in [0, 0.1) is 15.3 Å². The molecule has 13 heavy (non-hydrogen) atoms.